The molecule has 1 aromatic carbocycles. The predicted molar refractivity (Wildman–Crippen MR) is 104 cm³/mol. The number of nitrogens with one attached hydrogen (secondary N) is 2. The van der Waals surface area contributed by atoms with Gasteiger partial charge >= 0.3 is 0 Å². The number of hydrogen-bond donors (Lipinski definition) is 2. The summed E-state index contributed by atoms with van der Waals surface area (Å²) in [5.41, 5.74) is 0.892. The van der Waals surface area contributed by atoms with Gasteiger partial charge in [0.2, 0.25) is 11.8 Å². The number of carbonyl (C=O) groups is 2. The molecule has 0 heterocycles. The molecule has 0 aromatic heterocycles. The lowest BCUT2D eigenvalue weighted by Gasteiger charge is -2.35. The van der Waals surface area contributed by atoms with Gasteiger partial charge in [-0.15, -0.1) is 0 Å². The van der Waals surface area contributed by atoms with Crippen molar-refractivity contribution < 1.29 is 14.3 Å². The minimum Gasteiger partial charge on any atom is -0.497 e. The zero-order valence-corrected chi connectivity index (χ0v) is 16.1. The lowest BCUT2D eigenvalue weighted by molar-refractivity contribution is -0.127. The van der Waals surface area contributed by atoms with Crippen molar-refractivity contribution >= 4 is 17.9 Å². The largest absolute Gasteiger partial charge is 0.497 e. The quantitative estimate of drug-likeness (QED) is 0.768. The molecule has 0 spiro atoms. The summed E-state index contributed by atoms with van der Waals surface area (Å²) in [6.45, 7) is 6.14. The zero-order chi connectivity index (χ0) is 19.1. The highest BCUT2D eigenvalue weighted by atomic mass is 16.5. The summed E-state index contributed by atoms with van der Waals surface area (Å²) >= 11 is 0. The first-order valence-corrected chi connectivity index (χ1v) is 9.33. The van der Waals surface area contributed by atoms with Gasteiger partial charge in [-0.3, -0.25) is 9.59 Å². The SMILES string of the molecule is COc1ccc(C=CC(=O)NC(C)C(=O)NC2CCCC(C)C2C)cc1. The van der Waals surface area contributed by atoms with Crippen LogP contribution < -0.4 is 15.4 Å². The smallest absolute Gasteiger partial charge is 0.244 e. The van der Waals surface area contributed by atoms with E-state index in [0.717, 1.165) is 24.2 Å². The molecule has 2 N–H and O–H groups in total. The second-order valence-electron chi connectivity index (χ2n) is 7.22. The summed E-state index contributed by atoms with van der Waals surface area (Å²) in [6, 6.07) is 7.03. The minimum absolute atomic E-state index is 0.123. The Hall–Kier alpha value is -2.30. The van der Waals surface area contributed by atoms with Crippen LogP contribution in [-0.2, 0) is 9.59 Å². The average Bonchev–Trinajstić information content (AvgIpc) is 2.64. The molecule has 1 aliphatic carbocycles. The predicted octanol–water partition coefficient (Wildman–Crippen LogP) is 3.15. The van der Waals surface area contributed by atoms with Crippen LogP contribution in [0.2, 0.25) is 0 Å². The van der Waals surface area contributed by atoms with Crippen molar-refractivity contribution in [1.29, 1.82) is 0 Å². The van der Waals surface area contributed by atoms with Crippen molar-refractivity contribution in [1.82, 2.24) is 10.6 Å². The van der Waals surface area contributed by atoms with Gasteiger partial charge in [0.1, 0.15) is 11.8 Å². The fourth-order valence-corrected chi connectivity index (χ4v) is 3.31. The highest BCUT2D eigenvalue weighted by Gasteiger charge is 2.29. The van der Waals surface area contributed by atoms with Crippen LogP contribution in [0.1, 0.15) is 45.6 Å². The van der Waals surface area contributed by atoms with Crippen LogP contribution in [-0.4, -0.2) is 31.0 Å². The Morgan fingerprint density at radius 1 is 1.19 bits per heavy atom. The van der Waals surface area contributed by atoms with Gasteiger partial charge in [-0.25, -0.2) is 0 Å². The Labute approximate surface area is 156 Å². The van der Waals surface area contributed by atoms with Gasteiger partial charge in [0.15, 0.2) is 0 Å². The number of benzene rings is 1. The van der Waals surface area contributed by atoms with Gasteiger partial charge in [-0.2, -0.15) is 0 Å². The van der Waals surface area contributed by atoms with Crippen LogP contribution >= 0.6 is 0 Å². The number of carbonyl (C=O) groups excluding carboxylic acids is 2. The summed E-state index contributed by atoms with van der Waals surface area (Å²) in [5, 5.41) is 5.82. The number of amides is 2. The fourth-order valence-electron chi connectivity index (χ4n) is 3.31. The van der Waals surface area contributed by atoms with Crippen molar-refractivity contribution in [3.63, 3.8) is 0 Å². The normalized spacial score (nSPS) is 24.1. The van der Waals surface area contributed by atoms with E-state index in [0.29, 0.717) is 11.8 Å². The Kier molecular flexibility index (Phi) is 7.25. The van der Waals surface area contributed by atoms with Crippen molar-refractivity contribution in [3.05, 3.63) is 35.9 Å². The molecule has 1 fully saturated rings. The van der Waals surface area contributed by atoms with Gasteiger partial charge in [0.05, 0.1) is 7.11 Å². The monoisotopic (exact) mass is 358 g/mol. The van der Waals surface area contributed by atoms with E-state index in [1.54, 1.807) is 20.1 Å². The lowest BCUT2D eigenvalue weighted by Crippen LogP contribution is -2.51. The van der Waals surface area contributed by atoms with E-state index < -0.39 is 6.04 Å². The van der Waals surface area contributed by atoms with Gasteiger partial charge in [-0.1, -0.05) is 38.8 Å². The molecule has 2 amide bonds. The fraction of sp³-hybridized carbons (Fsp3) is 0.524. The third-order valence-electron chi connectivity index (χ3n) is 5.33. The molecule has 0 aliphatic heterocycles. The van der Waals surface area contributed by atoms with E-state index in [4.69, 9.17) is 4.74 Å². The molecule has 0 bridgehead atoms. The molecule has 4 atom stereocenters. The number of hydrogen-bond acceptors (Lipinski definition) is 3. The van der Waals surface area contributed by atoms with E-state index >= 15 is 0 Å². The van der Waals surface area contributed by atoms with E-state index in [1.807, 2.05) is 24.3 Å². The first-order chi connectivity index (χ1) is 12.4. The summed E-state index contributed by atoms with van der Waals surface area (Å²) in [6.07, 6.45) is 6.52. The van der Waals surface area contributed by atoms with Gasteiger partial charge in [-0.05, 0) is 49.0 Å². The standard InChI is InChI=1S/C21H30N2O3/c1-14-6-5-7-19(15(14)2)23-21(25)16(3)22-20(24)13-10-17-8-11-18(26-4)12-9-17/h8-16,19H,5-7H2,1-4H3,(H,22,24)(H,23,25). The summed E-state index contributed by atoms with van der Waals surface area (Å²) < 4.78 is 5.10. The second kappa shape index (κ2) is 9.41. The van der Waals surface area contributed by atoms with Crippen molar-refractivity contribution in [2.45, 2.75) is 52.1 Å². The van der Waals surface area contributed by atoms with Crippen LogP contribution in [0.5, 0.6) is 5.75 Å². The van der Waals surface area contributed by atoms with Crippen molar-refractivity contribution in [2.75, 3.05) is 7.11 Å². The average molecular weight is 358 g/mol. The van der Waals surface area contributed by atoms with Crippen LogP contribution in [0.25, 0.3) is 6.08 Å². The number of methoxy groups -OCH3 is 1. The van der Waals surface area contributed by atoms with E-state index in [-0.39, 0.29) is 17.9 Å². The molecule has 0 radical (unpaired) electrons. The second-order valence-corrected chi connectivity index (χ2v) is 7.22. The maximum Gasteiger partial charge on any atom is 0.244 e. The molecule has 1 aliphatic rings. The van der Waals surface area contributed by atoms with Crippen LogP contribution in [0.3, 0.4) is 0 Å². The molecule has 1 saturated carbocycles. The van der Waals surface area contributed by atoms with Crippen LogP contribution in [0, 0.1) is 11.8 Å². The first kappa shape index (κ1) is 20.0. The van der Waals surface area contributed by atoms with Crippen LogP contribution in [0.15, 0.2) is 30.3 Å². The lowest BCUT2D eigenvalue weighted by atomic mass is 9.78. The number of ether oxygens (including phenoxy) is 1. The molecular formula is C21H30N2O3. The summed E-state index contributed by atoms with van der Waals surface area (Å²) in [7, 11) is 1.61. The number of rotatable bonds is 6. The molecule has 2 rings (SSSR count). The molecule has 5 heteroatoms. The zero-order valence-electron chi connectivity index (χ0n) is 16.1. The first-order valence-electron chi connectivity index (χ1n) is 9.33. The van der Waals surface area contributed by atoms with Gasteiger partial charge in [0, 0.05) is 12.1 Å². The molecule has 4 unspecified atom stereocenters. The molecule has 26 heavy (non-hydrogen) atoms. The molecule has 142 valence electrons. The topological polar surface area (TPSA) is 67.4 Å². The van der Waals surface area contributed by atoms with Crippen LogP contribution in [0.4, 0.5) is 0 Å². The van der Waals surface area contributed by atoms with Gasteiger partial charge < -0.3 is 15.4 Å². The Balaban J connectivity index is 1.83. The molecule has 0 saturated heterocycles. The summed E-state index contributed by atoms with van der Waals surface area (Å²) in [5.74, 6) is 1.44. The van der Waals surface area contributed by atoms with E-state index in [1.165, 1.54) is 12.5 Å². The van der Waals surface area contributed by atoms with Crippen molar-refractivity contribution in [3.8, 4) is 5.75 Å². The maximum absolute atomic E-state index is 12.4. The third-order valence-corrected chi connectivity index (χ3v) is 5.33. The Morgan fingerprint density at radius 2 is 1.88 bits per heavy atom. The molecule has 1 aromatic rings. The third kappa shape index (κ3) is 5.61. The van der Waals surface area contributed by atoms with E-state index in [9.17, 15) is 9.59 Å². The highest BCUT2D eigenvalue weighted by molar-refractivity contribution is 5.95. The molecule has 5 nitrogen and oxygen atoms in total. The Morgan fingerprint density at radius 3 is 2.54 bits per heavy atom. The minimum atomic E-state index is -0.563. The van der Waals surface area contributed by atoms with E-state index in [2.05, 4.69) is 24.5 Å². The maximum atomic E-state index is 12.4. The van der Waals surface area contributed by atoms with Crippen molar-refractivity contribution in [2.24, 2.45) is 11.8 Å². The molecular weight excluding hydrogens is 328 g/mol. The highest BCUT2D eigenvalue weighted by Crippen LogP contribution is 2.29. The summed E-state index contributed by atoms with van der Waals surface area (Å²) in [4.78, 5) is 24.4. The van der Waals surface area contributed by atoms with Gasteiger partial charge in [0.25, 0.3) is 0 Å². The Bertz CT molecular complexity index is 639.